The predicted molar refractivity (Wildman–Crippen MR) is 125 cm³/mol. The first-order valence-corrected chi connectivity index (χ1v) is 9.93. The lowest BCUT2D eigenvalue weighted by Crippen LogP contribution is -2.40. The Morgan fingerprint density at radius 2 is 2.04 bits per heavy atom. The number of hydrogen-bond donors (Lipinski definition) is 1. The fraction of sp³-hybridized carbons (Fsp3) is 0.667. The van der Waals surface area contributed by atoms with E-state index < -0.39 is 0 Å². The van der Waals surface area contributed by atoms with Gasteiger partial charge in [-0.2, -0.15) is 0 Å². The van der Waals surface area contributed by atoms with Gasteiger partial charge in [0.05, 0.1) is 25.9 Å². The van der Waals surface area contributed by atoms with Gasteiger partial charge in [-0.05, 0) is 25.3 Å². The number of nitrogens with zero attached hydrogens (tertiary/aromatic N) is 2. The van der Waals surface area contributed by atoms with E-state index in [2.05, 4.69) is 34.3 Å². The zero-order valence-electron chi connectivity index (χ0n) is 17.4. The van der Waals surface area contributed by atoms with Gasteiger partial charge >= 0.3 is 0 Å². The average Bonchev–Trinajstić information content (AvgIpc) is 3.17. The molecule has 6 nitrogen and oxygen atoms in total. The molecule has 0 spiro atoms. The van der Waals surface area contributed by atoms with E-state index in [-0.39, 0.29) is 30.1 Å². The highest BCUT2D eigenvalue weighted by atomic mass is 127. The molecule has 2 atom stereocenters. The van der Waals surface area contributed by atoms with Gasteiger partial charge in [0.25, 0.3) is 0 Å². The third kappa shape index (κ3) is 9.07. The lowest BCUT2D eigenvalue weighted by atomic mass is 10.1. The number of likely N-dealkylation sites (tertiary alicyclic amines) is 1. The number of hydrogen-bond acceptors (Lipinski definition) is 4. The monoisotopic (exact) mass is 505 g/mol. The topological polar surface area (TPSA) is 55.3 Å². The minimum Gasteiger partial charge on any atom is -0.382 e. The van der Waals surface area contributed by atoms with E-state index in [1.54, 1.807) is 7.11 Å². The molecule has 1 aromatic carbocycles. The molecule has 0 aliphatic carbocycles. The van der Waals surface area contributed by atoms with E-state index in [4.69, 9.17) is 14.2 Å². The van der Waals surface area contributed by atoms with Gasteiger partial charge in [0.15, 0.2) is 5.96 Å². The first-order chi connectivity index (χ1) is 13.2. The molecule has 0 aromatic heterocycles. The van der Waals surface area contributed by atoms with Crippen LogP contribution in [-0.4, -0.2) is 71.1 Å². The van der Waals surface area contributed by atoms with E-state index in [0.717, 1.165) is 51.6 Å². The number of aliphatic imine (C=N–C) groups is 1. The van der Waals surface area contributed by atoms with E-state index in [1.165, 1.54) is 5.56 Å². The number of guanidine groups is 1. The Morgan fingerprint density at radius 1 is 1.25 bits per heavy atom. The molecule has 0 radical (unpaired) electrons. The fourth-order valence-electron chi connectivity index (χ4n) is 3.24. The zero-order valence-corrected chi connectivity index (χ0v) is 19.8. The van der Waals surface area contributed by atoms with Crippen molar-refractivity contribution in [3.05, 3.63) is 35.9 Å². The van der Waals surface area contributed by atoms with Gasteiger partial charge in [0.1, 0.15) is 0 Å². The van der Waals surface area contributed by atoms with Crippen LogP contribution in [0.3, 0.4) is 0 Å². The third-order valence-electron chi connectivity index (χ3n) is 4.82. The summed E-state index contributed by atoms with van der Waals surface area (Å²) in [6.45, 7) is 7.83. The Morgan fingerprint density at radius 3 is 2.75 bits per heavy atom. The van der Waals surface area contributed by atoms with Crippen LogP contribution in [-0.2, 0) is 14.2 Å². The second kappa shape index (κ2) is 15.0. The number of halogens is 1. The van der Waals surface area contributed by atoms with Crippen LogP contribution >= 0.6 is 24.0 Å². The molecule has 1 saturated heterocycles. The van der Waals surface area contributed by atoms with Crippen LogP contribution in [0.15, 0.2) is 35.3 Å². The Bertz CT molecular complexity index is 545. The Balaban J connectivity index is 0.00000392. The van der Waals surface area contributed by atoms with Crippen molar-refractivity contribution in [1.29, 1.82) is 0 Å². The van der Waals surface area contributed by atoms with Crippen molar-refractivity contribution >= 4 is 29.9 Å². The van der Waals surface area contributed by atoms with Crippen LogP contribution in [0.25, 0.3) is 0 Å². The van der Waals surface area contributed by atoms with Crippen molar-refractivity contribution in [3.8, 4) is 0 Å². The van der Waals surface area contributed by atoms with E-state index in [1.807, 2.05) is 25.2 Å². The molecule has 1 aliphatic heterocycles. The van der Waals surface area contributed by atoms with Crippen molar-refractivity contribution in [3.63, 3.8) is 0 Å². The third-order valence-corrected chi connectivity index (χ3v) is 4.82. The van der Waals surface area contributed by atoms with Gasteiger partial charge in [0.2, 0.25) is 0 Å². The smallest absolute Gasteiger partial charge is 0.193 e. The maximum atomic E-state index is 5.93. The van der Waals surface area contributed by atoms with Gasteiger partial charge in [-0.15, -0.1) is 24.0 Å². The van der Waals surface area contributed by atoms with Gasteiger partial charge in [-0.1, -0.05) is 30.3 Å². The molecule has 1 N–H and O–H groups in total. The molecule has 1 fully saturated rings. The van der Waals surface area contributed by atoms with Crippen LogP contribution < -0.4 is 5.32 Å². The SMILES string of the molecule is CN=C(NCCCOC(C)c1ccccc1)N1CCC(COCCOC)C1.I. The van der Waals surface area contributed by atoms with Crippen molar-refractivity contribution in [2.45, 2.75) is 25.9 Å². The number of ether oxygens (including phenoxy) is 3. The predicted octanol–water partition coefficient (Wildman–Crippen LogP) is 3.33. The Labute approximate surface area is 187 Å². The molecule has 28 heavy (non-hydrogen) atoms. The lowest BCUT2D eigenvalue weighted by Gasteiger charge is -2.22. The number of rotatable bonds is 11. The molecular formula is C21H36IN3O3. The minimum absolute atomic E-state index is 0. The molecule has 7 heteroatoms. The summed E-state index contributed by atoms with van der Waals surface area (Å²) in [6.07, 6.45) is 2.22. The molecule has 160 valence electrons. The van der Waals surface area contributed by atoms with E-state index in [0.29, 0.717) is 19.1 Å². The molecule has 2 unspecified atom stereocenters. The highest BCUT2D eigenvalue weighted by Crippen LogP contribution is 2.17. The minimum atomic E-state index is 0. The summed E-state index contributed by atoms with van der Waals surface area (Å²) in [5.74, 6) is 1.54. The van der Waals surface area contributed by atoms with Gasteiger partial charge in [0, 0.05) is 46.3 Å². The number of benzene rings is 1. The fourth-order valence-corrected chi connectivity index (χ4v) is 3.24. The van der Waals surface area contributed by atoms with Crippen LogP contribution in [0.5, 0.6) is 0 Å². The quantitative estimate of drug-likeness (QED) is 0.217. The molecule has 0 bridgehead atoms. The Hall–Kier alpha value is -0.900. The zero-order chi connectivity index (χ0) is 19.3. The first-order valence-electron chi connectivity index (χ1n) is 9.93. The summed E-state index contributed by atoms with van der Waals surface area (Å²) in [4.78, 5) is 6.74. The standard InChI is InChI=1S/C21H35N3O3.HI/c1-18(20-8-5-4-6-9-20)27-13-7-11-23-21(22-2)24-12-10-19(16-24)17-26-15-14-25-3;/h4-6,8-9,18-19H,7,10-17H2,1-3H3,(H,22,23);1H. The van der Waals surface area contributed by atoms with Crippen molar-refractivity contribution < 1.29 is 14.2 Å². The second-order valence-electron chi connectivity index (χ2n) is 6.92. The summed E-state index contributed by atoms with van der Waals surface area (Å²) in [5.41, 5.74) is 1.22. The highest BCUT2D eigenvalue weighted by Gasteiger charge is 2.24. The summed E-state index contributed by atoms with van der Waals surface area (Å²) < 4.78 is 16.6. The number of nitrogens with one attached hydrogen (secondary N) is 1. The molecule has 1 aliphatic rings. The van der Waals surface area contributed by atoms with Crippen molar-refractivity contribution in [2.75, 3.05) is 60.2 Å². The first kappa shape index (κ1) is 25.1. The summed E-state index contributed by atoms with van der Waals surface area (Å²) in [6, 6.07) is 10.3. The maximum Gasteiger partial charge on any atom is 0.193 e. The largest absolute Gasteiger partial charge is 0.382 e. The van der Waals surface area contributed by atoms with Crippen molar-refractivity contribution in [1.82, 2.24) is 10.2 Å². The summed E-state index contributed by atoms with van der Waals surface area (Å²) in [5, 5.41) is 3.46. The molecule has 0 saturated carbocycles. The van der Waals surface area contributed by atoms with Crippen LogP contribution in [0.2, 0.25) is 0 Å². The molecule has 1 heterocycles. The second-order valence-corrected chi connectivity index (χ2v) is 6.92. The van der Waals surface area contributed by atoms with Gasteiger partial charge < -0.3 is 24.4 Å². The maximum absolute atomic E-state index is 5.93. The van der Waals surface area contributed by atoms with Crippen molar-refractivity contribution in [2.24, 2.45) is 10.9 Å². The number of methoxy groups -OCH3 is 1. The molecule has 0 amide bonds. The van der Waals surface area contributed by atoms with Crippen LogP contribution in [0.4, 0.5) is 0 Å². The lowest BCUT2D eigenvalue weighted by molar-refractivity contribution is 0.0536. The summed E-state index contributed by atoms with van der Waals surface area (Å²) in [7, 11) is 3.54. The molecule has 2 rings (SSSR count). The van der Waals surface area contributed by atoms with E-state index >= 15 is 0 Å². The normalized spacial score (nSPS) is 18.0. The van der Waals surface area contributed by atoms with E-state index in [9.17, 15) is 0 Å². The molecular weight excluding hydrogens is 469 g/mol. The van der Waals surface area contributed by atoms with Gasteiger partial charge in [-0.3, -0.25) is 4.99 Å². The highest BCUT2D eigenvalue weighted by molar-refractivity contribution is 14.0. The van der Waals surface area contributed by atoms with Crippen LogP contribution in [0.1, 0.15) is 31.4 Å². The average molecular weight is 505 g/mol. The molecule has 1 aromatic rings. The van der Waals surface area contributed by atoms with Crippen LogP contribution in [0, 0.1) is 5.92 Å². The van der Waals surface area contributed by atoms with Gasteiger partial charge in [-0.25, -0.2) is 0 Å². The summed E-state index contributed by atoms with van der Waals surface area (Å²) >= 11 is 0. The Kier molecular flexibility index (Phi) is 13.5.